The van der Waals surface area contributed by atoms with Crippen molar-refractivity contribution in [3.63, 3.8) is 0 Å². The van der Waals surface area contributed by atoms with E-state index in [-0.39, 0.29) is 10.8 Å². The molecule has 0 aromatic carbocycles. The highest BCUT2D eigenvalue weighted by atomic mass is 14.7. The molecular formula is C11H21N. The molecule has 0 atom stereocenters. The molecule has 0 N–H and O–H groups in total. The normalized spacial score (nSPS) is 14.8. The zero-order valence-electron chi connectivity index (χ0n) is 9.18. The fourth-order valence-corrected chi connectivity index (χ4v) is 0.533. The van der Waals surface area contributed by atoms with Crippen LogP contribution in [0.1, 0.15) is 41.5 Å². The van der Waals surface area contributed by atoms with Gasteiger partial charge in [-0.05, 0) is 10.8 Å². The molecule has 0 saturated carbocycles. The summed E-state index contributed by atoms with van der Waals surface area (Å²) in [5.74, 6) is 0. The number of hydrogen-bond donors (Lipinski definition) is 0. The minimum absolute atomic E-state index is 0.183. The van der Waals surface area contributed by atoms with E-state index in [1.165, 1.54) is 0 Å². The maximum absolute atomic E-state index is 4.22. The van der Waals surface area contributed by atoms with Crippen LogP contribution in [0.25, 0.3) is 0 Å². The van der Waals surface area contributed by atoms with E-state index >= 15 is 0 Å². The highest BCUT2D eigenvalue weighted by Gasteiger charge is 2.05. The molecular weight excluding hydrogens is 146 g/mol. The van der Waals surface area contributed by atoms with Crippen molar-refractivity contribution < 1.29 is 0 Å². The smallest absolute Gasteiger partial charge is 0.0229 e. The summed E-state index contributed by atoms with van der Waals surface area (Å²) in [6.07, 6.45) is 5.95. The molecule has 0 aliphatic rings. The second kappa shape index (κ2) is 3.88. The van der Waals surface area contributed by atoms with Gasteiger partial charge in [-0.15, -0.1) is 0 Å². The summed E-state index contributed by atoms with van der Waals surface area (Å²) in [7, 11) is 0. The second-order valence-corrected chi connectivity index (χ2v) is 5.33. The van der Waals surface area contributed by atoms with Crippen molar-refractivity contribution in [3.05, 3.63) is 12.3 Å². The van der Waals surface area contributed by atoms with Gasteiger partial charge in [-0.1, -0.05) is 47.6 Å². The van der Waals surface area contributed by atoms with Crippen LogP contribution < -0.4 is 0 Å². The molecule has 0 heterocycles. The molecule has 12 heavy (non-hydrogen) atoms. The molecule has 0 aliphatic heterocycles. The van der Waals surface area contributed by atoms with Crippen molar-refractivity contribution in [2.45, 2.75) is 41.5 Å². The molecule has 0 unspecified atom stereocenters. The predicted molar refractivity (Wildman–Crippen MR) is 56.5 cm³/mol. The predicted octanol–water partition coefficient (Wildman–Crippen LogP) is 3.66. The maximum Gasteiger partial charge on any atom is 0.0229 e. The van der Waals surface area contributed by atoms with E-state index in [4.69, 9.17) is 0 Å². The summed E-state index contributed by atoms with van der Waals surface area (Å²) in [4.78, 5) is 4.22. The Balaban J connectivity index is 4.00. The molecule has 0 radical (unpaired) electrons. The van der Waals surface area contributed by atoms with Crippen LogP contribution in [0, 0.1) is 10.8 Å². The molecule has 0 aliphatic carbocycles. The quantitative estimate of drug-likeness (QED) is 0.528. The third-order valence-electron chi connectivity index (χ3n) is 1.12. The van der Waals surface area contributed by atoms with Crippen LogP contribution in [0.3, 0.4) is 0 Å². The van der Waals surface area contributed by atoms with Crippen LogP contribution >= 0.6 is 0 Å². The Hall–Kier alpha value is -0.590. The first-order chi connectivity index (χ1) is 5.21. The minimum atomic E-state index is 0.183. The Bertz CT molecular complexity index is 152. The molecule has 0 saturated heterocycles. The van der Waals surface area contributed by atoms with Crippen molar-refractivity contribution in [3.8, 4) is 0 Å². The molecule has 0 bridgehead atoms. The van der Waals surface area contributed by atoms with E-state index < -0.39 is 0 Å². The lowest BCUT2D eigenvalue weighted by Crippen LogP contribution is -2.05. The van der Waals surface area contributed by atoms with E-state index in [2.05, 4.69) is 52.6 Å². The molecule has 0 fully saturated rings. The lowest BCUT2D eigenvalue weighted by Gasteiger charge is -2.11. The van der Waals surface area contributed by atoms with Crippen molar-refractivity contribution in [1.82, 2.24) is 0 Å². The molecule has 0 spiro atoms. The average molecular weight is 167 g/mol. The summed E-state index contributed by atoms with van der Waals surface area (Å²) in [6, 6.07) is 0. The topological polar surface area (TPSA) is 12.4 Å². The van der Waals surface area contributed by atoms with Crippen LogP contribution in [0.4, 0.5) is 0 Å². The Labute approximate surface area is 76.6 Å². The zero-order valence-corrected chi connectivity index (χ0v) is 9.18. The third kappa shape index (κ3) is 9.41. The molecule has 0 rings (SSSR count). The van der Waals surface area contributed by atoms with E-state index in [0.29, 0.717) is 0 Å². The van der Waals surface area contributed by atoms with E-state index in [9.17, 15) is 0 Å². The largest absolute Gasteiger partial charge is 0.269 e. The maximum atomic E-state index is 4.22. The Morgan fingerprint density at radius 3 is 1.67 bits per heavy atom. The molecule has 0 aromatic rings. The SMILES string of the molecule is CC(C)(C)C=N/C=C\C(C)(C)C. The summed E-state index contributed by atoms with van der Waals surface area (Å²) < 4.78 is 0. The number of rotatable bonds is 1. The van der Waals surface area contributed by atoms with Gasteiger partial charge in [0.1, 0.15) is 0 Å². The van der Waals surface area contributed by atoms with Gasteiger partial charge in [0.15, 0.2) is 0 Å². The zero-order chi connectivity index (χ0) is 9.83. The van der Waals surface area contributed by atoms with Crippen LogP contribution in [-0.2, 0) is 0 Å². The molecule has 70 valence electrons. The Morgan fingerprint density at radius 2 is 1.33 bits per heavy atom. The highest BCUT2D eigenvalue weighted by Crippen LogP contribution is 2.14. The molecule has 1 heteroatoms. The van der Waals surface area contributed by atoms with E-state index in [0.717, 1.165) is 0 Å². The third-order valence-corrected chi connectivity index (χ3v) is 1.12. The number of hydrogen-bond acceptors (Lipinski definition) is 1. The van der Waals surface area contributed by atoms with Gasteiger partial charge in [-0.25, -0.2) is 0 Å². The average Bonchev–Trinajstić information content (AvgIpc) is 1.76. The fourth-order valence-electron chi connectivity index (χ4n) is 0.533. The van der Waals surface area contributed by atoms with Gasteiger partial charge < -0.3 is 0 Å². The Morgan fingerprint density at radius 1 is 0.833 bits per heavy atom. The first-order valence-corrected chi connectivity index (χ1v) is 4.43. The van der Waals surface area contributed by atoms with Crippen molar-refractivity contribution in [2.75, 3.05) is 0 Å². The number of aliphatic imine (C=N–C) groups is 1. The minimum Gasteiger partial charge on any atom is -0.269 e. The van der Waals surface area contributed by atoms with Gasteiger partial charge in [-0.3, -0.25) is 4.99 Å². The van der Waals surface area contributed by atoms with Gasteiger partial charge in [0.05, 0.1) is 0 Å². The monoisotopic (exact) mass is 167 g/mol. The van der Waals surface area contributed by atoms with Crippen molar-refractivity contribution >= 4 is 6.21 Å². The first-order valence-electron chi connectivity index (χ1n) is 4.43. The van der Waals surface area contributed by atoms with Gasteiger partial charge in [0, 0.05) is 12.4 Å². The van der Waals surface area contributed by atoms with Crippen molar-refractivity contribution in [2.24, 2.45) is 15.8 Å². The lowest BCUT2D eigenvalue weighted by atomic mass is 9.97. The van der Waals surface area contributed by atoms with Crippen LogP contribution in [0.15, 0.2) is 17.3 Å². The summed E-state index contributed by atoms with van der Waals surface area (Å²) in [5.41, 5.74) is 0.414. The van der Waals surface area contributed by atoms with E-state index in [1.807, 2.05) is 12.4 Å². The van der Waals surface area contributed by atoms with Gasteiger partial charge >= 0.3 is 0 Å². The highest BCUT2D eigenvalue weighted by molar-refractivity contribution is 5.64. The second-order valence-electron chi connectivity index (χ2n) is 5.33. The van der Waals surface area contributed by atoms with Crippen LogP contribution in [-0.4, -0.2) is 6.21 Å². The summed E-state index contributed by atoms with van der Waals surface area (Å²) in [5, 5.41) is 0. The first kappa shape index (κ1) is 11.4. The standard InChI is InChI=1S/C11H21N/c1-10(2,3)7-8-12-9-11(4,5)6/h7-9H,1-6H3/b8-7-,12-9?. The number of allylic oxidation sites excluding steroid dienone is 1. The number of nitrogens with zero attached hydrogens (tertiary/aromatic N) is 1. The van der Waals surface area contributed by atoms with E-state index in [1.54, 1.807) is 0 Å². The van der Waals surface area contributed by atoms with Crippen molar-refractivity contribution in [1.29, 1.82) is 0 Å². The molecule has 1 nitrogen and oxygen atoms in total. The van der Waals surface area contributed by atoms with Crippen LogP contribution in [0.5, 0.6) is 0 Å². The molecule has 0 amide bonds. The van der Waals surface area contributed by atoms with Gasteiger partial charge in [-0.2, -0.15) is 0 Å². The Kier molecular flexibility index (Phi) is 3.69. The molecule has 0 aromatic heterocycles. The fraction of sp³-hybridized carbons (Fsp3) is 0.727. The summed E-state index contributed by atoms with van der Waals surface area (Å²) in [6.45, 7) is 12.9. The van der Waals surface area contributed by atoms with Gasteiger partial charge in [0.2, 0.25) is 0 Å². The van der Waals surface area contributed by atoms with Crippen LogP contribution in [0.2, 0.25) is 0 Å². The van der Waals surface area contributed by atoms with Gasteiger partial charge in [0.25, 0.3) is 0 Å². The summed E-state index contributed by atoms with van der Waals surface area (Å²) >= 11 is 0. The lowest BCUT2D eigenvalue weighted by molar-refractivity contribution is 0.543.